The highest BCUT2D eigenvalue weighted by molar-refractivity contribution is 5.89. The molecule has 0 saturated carbocycles. The number of furan rings is 1. The van der Waals surface area contributed by atoms with Crippen LogP contribution in [0.2, 0.25) is 0 Å². The molecule has 8 nitrogen and oxygen atoms in total. The number of hydrazone groups is 1. The van der Waals surface area contributed by atoms with Gasteiger partial charge in [-0.25, -0.2) is 15.0 Å². The third-order valence-electron chi connectivity index (χ3n) is 2.96. The van der Waals surface area contributed by atoms with Gasteiger partial charge in [0.05, 0.1) is 19.1 Å². The normalized spacial score (nSPS) is 11.3. The lowest BCUT2D eigenvalue weighted by Crippen LogP contribution is -2.29. The second kappa shape index (κ2) is 8.88. The highest BCUT2D eigenvalue weighted by Gasteiger charge is 2.16. The molecule has 1 aromatic carbocycles. The third kappa shape index (κ3) is 6.50. The number of carbonyl (C=O) groups excluding carboxylic acids is 2. The van der Waals surface area contributed by atoms with Crippen LogP contribution in [0.4, 0.5) is 4.79 Å². The van der Waals surface area contributed by atoms with Gasteiger partial charge in [0.15, 0.2) is 11.5 Å². The minimum absolute atomic E-state index is 0.0876. The fourth-order valence-corrected chi connectivity index (χ4v) is 1.96. The predicted molar refractivity (Wildman–Crippen MR) is 98.2 cm³/mol. The van der Waals surface area contributed by atoms with Gasteiger partial charge >= 0.3 is 12.1 Å². The van der Waals surface area contributed by atoms with E-state index in [9.17, 15) is 9.59 Å². The molecule has 0 bridgehead atoms. The summed E-state index contributed by atoms with van der Waals surface area (Å²) < 4.78 is 20.9. The zero-order valence-electron chi connectivity index (χ0n) is 15.6. The summed E-state index contributed by atoms with van der Waals surface area (Å²) in [5.41, 5.74) is 2.30. The maximum atomic E-state index is 12.0. The molecule has 0 spiro atoms. The molecular formula is C19H22N2O6. The minimum Gasteiger partial charge on any atom is -0.490 e. The van der Waals surface area contributed by atoms with Crippen LogP contribution in [0.25, 0.3) is 0 Å². The minimum atomic E-state index is -0.659. The highest BCUT2D eigenvalue weighted by Crippen LogP contribution is 2.29. The summed E-state index contributed by atoms with van der Waals surface area (Å²) in [6.07, 6.45) is 2.15. The van der Waals surface area contributed by atoms with Crippen LogP contribution >= 0.6 is 0 Å². The second-order valence-electron chi connectivity index (χ2n) is 6.38. The van der Waals surface area contributed by atoms with Crippen LogP contribution in [0.1, 0.15) is 43.8 Å². The Morgan fingerprint density at radius 2 is 2.00 bits per heavy atom. The number of ether oxygens (including phenoxy) is 3. The topological polar surface area (TPSA) is 99.4 Å². The molecule has 1 N–H and O–H groups in total. The molecule has 27 heavy (non-hydrogen) atoms. The van der Waals surface area contributed by atoms with E-state index in [1.165, 1.54) is 18.5 Å². The molecule has 0 radical (unpaired) electrons. The van der Waals surface area contributed by atoms with Gasteiger partial charge in [-0.3, -0.25) is 0 Å². The Bertz CT molecular complexity index is 806. The molecule has 0 unspecified atom stereocenters. The molecule has 2 aromatic rings. The van der Waals surface area contributed by atoms with Crippen molar-refractivity contribution in [2.75, 3.05) is 6.61 Å². The van der Waals surface area contributed by atoms with Crippen molar-refractivity contribution in [2.45, 2.75) is 33.3 Å². The Labute approximate surface area is 157 Å². The Morgan fingerprint density at radius 1 is 1.22 bits per heavy atom. The summed E-state index contributed by atoms with van der Waals surface area (Å²) in [5.74, 6) is 0.0627. The van der Waals surface area contributed by atoms with E-state index in [2.05, 4.69) is 10.5 Å². The molecule has 144 valence electrons. The molecule has 0 fully saturated rings. The van der Waals surface area contributed by atoms with Gasteiger partial charge in [0.25, 0.3) is 0 Å². The summed E-state index contributed by atoms with van der Waals surface area (Å²) in [5, 5.41) is 3.83. The summed E-state index contributed by atoms with van der Waals surface area (Å²) in [4.78, 5) is 23.6. The van der Waals surface area contributed by atoms with E-state index in [-0.39, 0.29) is 11.5 Å². The first-order valence-electron chi connectivity index (χ1n) is 8.33. The zero-order valence-corrected chi connectivity index (χ0v) is 15.6. The van der Waals surface area contributed by atoms with E-state index in [0.717, 1.165) is 0 Å². The Balaban J connectivity index is 2.06. The van der Waals surface area contributed by atoms with Gasteiger partial charge in [-0.15, -0.1) is 0 Å². The number of rotatable bonds is 6. The fraction of sp³-hybridized carbons (Fsp3) is 0.316. The molecule has 1 aromatic heterocycles. The van der Waals surface area contributed by atoms with Crippen molar-refractivity contribution in [3.8, 4) is 11.5 Å². The Hall–Kier alpha value is -3.29. The van der Waals surface area contributed by atoms with Gasteiger partial charge in [-0.2, -0.15) is 5.10 Å². The maximum Gasteiger partial charge on any atom is 0.428 e. The lowest BCUT2D eigenvalue weighted by atomic mass is 10.2. The van der Waals surface area contributed by atoms with Gasteiger partial charge in [-0.1, -0.05) is 0 Å². The van der Waals surface area contributed by atoms with E-state index in [0.29, 0.717) is 17.9 Å². The lowest BCUT2D eigenvalue weighted by molar-refractivity contribution is 0.0529. The highest BCUT2D eigenvalue weighted by atomic mass is 16.6. The molecule has 1 amide bonds. The standard InChI is InChI=1S/C19H22N2O6/c1-5-24-16-11-13(12-20-21-18(23)27-19(2,3)4)8-9-14(16)26-17(22)15-7-6-10-25-15/h6-12H,5H2,1-4H3,(H,21,23)/b20-12+. The molecule has 0 saturated heterocycles. The lowest BCUT2D eigenvalue weighted by Gasteiger charge is -2.18. The first-order valence-corrected chi connectivity index (χ1v) is 8.33. The number of hydrogen-bond donors (Lipinski definition) is 1. The van der Waals surface area contributed by atoms with Crippen LogP contribution in [-0.4, -0.2) is 30.5 Å². The van der Waals surface area contributed by atoms with Gasteiger partial charge in [-0.05, 0) is 63.6 Å². The van der Waals surface area contributed by atoms with Crippen molar-refractivity contribution in [2.24, 2.45) is 5.10 Å². The van der Waals surface area contributed by atoms with Crippen LogP contribution in [0, 0.1) is 0 Å². The molecule has 2 rings (SSSR count). The molecule has 8 heteroatoms. The van der Waals surface area contributed by atoms with Crippen LogP contribution in [0.5, 0.6) is 11.5 Å². The number of carbonyl (C=O) groups is 2. The van der Waals surface area contributed by atoms with Gasteiger partial charge in [0, 0.05) is 0 Å². The quantitative estimate of drug-likeness (QED) is 0.358. The summed E-state index contributed by atoms with van der Waals surface area (Å²) in [6.45, 7) is 7.46. The molecule has 0 aliphatic heterocycles. The fourth-order valence-electron chi connectivity index (χ4n) is 1.96. The molecule has 1 heterocycles. The zero-order chi connectivity index (χ0) is 19.9. The van der Waals surface area contributed by atoms with Crippen LogP contribution in [-0.2, 0) is 4.74 Å². The largest absolute Gasteiger partial charge is 0.490 e. The molecule has 0 aliphatic rings. The van der Waals surface area contributed by atoms with E-state index in [1.54, 1.807) is 45.0 Å². The van der Waals surface area contributed by atoms with Crippen molar-refractivity contribution < 1.29 is 28.2 Å². The maximum absolute atomic E-state index is 12.0. The van der Waals surface area contributed by atoms with Gasteiger partial charge < -0.3 is 18.6 Å². The van der Waals surface area contributed by atoms with Gasteiger partial charge in [0.1, 0.15) is 5.60 Å². The number of hydrogen-bond acceptors (Lipinski definition) is 7. The first kappa shape index (κ1) is 20.0. The van der Waals surface area contributed by atoms with Crippen LogP contribution in [0.15, 0.2) is 46.1 Å². The van der Waals surface area contributed by atoms with Crippen molar-refractivity contribution in [1.82, 2.24) is 5.43 Å². The van der Waals surface area contributed by atoms with Crippen molar-refractivity contribution in [1.29, 1.82) is 0 Å². The molecule has 0 atom stereocenters. The number of nitrogens with zero attached hydrogens (tertiary/aromatic N) is 1. The summed E-state index contributed by atoms with van der Waals surface area (Å²) in [7, 11) is 0. The third-order valence-corrected chi connectivity index (χ3v) is 2.96. The second-order valence-corrected chi connectivity index (χ2v) is 6.38. The average molecular weight is 374 g/mol. The number of benzene rings is 1. The number of nitrogens with one attached hydrogen (secondary N) is 1. The van der Waals surface area contributed by atoms with E-state index >= 15 is 0 Å². The summed E-state index contributed by atoms with van der Waals surface area (Å²) >= 11 is 0. The monoisotopic (exact) mass is 374 g/mol. The van der Waals surface area contributed by atoms with E-state index in [1.807, 2.05) is 6.92 Å². The van der Waals surface area contributed by atoms with Crippen molar-refractivity contribution in [3.05, 3.63) is 47.9 Å². The SMILES string of the molecule is CCOc1cc(/C=N/NC(=O)OC(C)(C)C)ccc1OC(=O)c1ccco1. The first-order chi connectivity index (χ1) is 12.8. The predicted octanol–water partition coefficient (Wildman–Crippen LogP) is 3.76. The van der Waals surface area contributed by atoms with E-state index < -0.39 is 17.7 Å². The van der Waals surface area contributed by atoms with E-state index in [4.69, 9.17) is 18.6 Å². The number of amides is 1. The van der Waals surface area contributed by atoms with Gasteiger partial charge in [0.2, 0.25) is 5.76 Å². The Kier molecular flexibility index (Phi) is 6.59. The van der Waals surface area contributed by atoms with Crippen molar-refractivity contribution in [3.63, 3.8) is 0 Å². The molecular weight excluding hydrogens is 352 g/mol. The van der Waals surface area contributed by atoms with Crippen molar-refractivity contribution >= 4 is 18.3 Å². The number of esters is 1. The summed E-state index contributed by atoms with van der Waals surface area (Å²) in [6, 6.07) is 7.96. The average Bonchev–Trinajstić information content (AvgIpc) is 3.10. The smallest absolute Gasteiger partial charge is 0.428 e. The molecule has 0 aliphatic carbocycles. The van der Waals surface area contributed by atoms with Crippen LogP contribution in [0.3, 0.4) is 0 Å². The Morgan fingerprint density at radius 3 is 2.63 bits per heavy atom. The van der Waals surface area contributed by atoms with Crippen LogP contribution < -0.4 is 14.9 Å².